The molecule has 0 spiro atoms. The summed E-state index contributed by atoms with van der Waals surface area (Å²) in [6.45, 7) is 2.49. The first-order chi connectivity index (χ1) is 18.8. The Balaban J connectivity index is 1.31. The van der Waals surface area contributed by atoms with Gasteiger partial charge in [-0.05, 0) is 68.4 Å². The number of para-hydroxylation sites is 2. The van der Waals surface area contributed by atoms with Gasteiger partial charge in [0.1, 0.15) is 11.5 Å². The van der Waals surface area contributed by atoms with Gasteiger partial charge in [-0.1, -0.05) is 23.7 Å². The van der Waals surface area contributed by atoms with Gasteiger partial charge in [0.25, 0.3) is 12.3 Å². The lowest BCUT2D eigenvalue weighted by molar-refractivity contribution is 0.0904. The number of halogens is 3. The molecular weight excluding hydrogens is 526 g/mol. The summed E-state index contributed by atoms with van der Waals surface area (Å²) in [5.41, 5.74) is 2.40. The summed E-state index contributed by atoms with van der Waals surface area (Å²) in [4.78, 5) is 34.5. The van der Waals surface area contributed by atoms with Crippen LogP contribution in [0.3, 0.4) is 0 Å². The van der Waals surface area contributed by atoms with Crippen molar-refractivity contribution in [2.45, 2.75) is 51.6 Å². The highest BCUT2D eigenvalue weighted by Crippen LogP contribution is 2.29. The standard InChI is InChI=1S/C28H29ClF2N6O2/c1-16-11-20(14-34-26(16)32-2)37-23-6-4-3-5-22(23)36(28(37)39)15-17-7-9-19(10-8-17)35-27(38)21-12-18(29)13-33-24(21)25(30)31/h3-6,11-14,17,19,25H,7-10,15H2,1-2H3,(H,32,34)(H,35,38)/t17-,19-. The van der Waals surface area contributed by atoms with E-state index in [9.17, 15) is 18.4 Å². The Hall–Kier alpha value is -3.79. The van der Waals surface area contributed by atoms with Crippen LogP contribution in [0.4, 0.5) is 14.6 Å². The Labute approximate surface area is 229 Å². The van der Waals surface area contributed by atoms with E-state index in [1.54, 1.807) is 10.8 Å². The lowest BCUT2D eigenvalue weighted by Gasteiger charge is -2.29. The molecule has 0 atom stereocenters. The number of alkyl halides is 2. The van der Waals surface area contributed by atoms with E-state index < -0.39 is 18.0 Å². The van der Waals surface area contributed by atoms with Crippen molar-refractivity contribution in [2.24, 2.45) is 5.92 Å². The Bertz CT molecular complexity index is 1580. The van der Waals surface area contributed by atoms with Crippen LogP contribution in [-0.4, -0.2) is 38.1 Å². The normalized spacial score (nSPS) is 17.5. The second-order valence-electron chi connectivity index (χ2n) is 9.90. The number of anilines is 1. The molecule has 1 aliphatic rings. The molecule has 1 aromatic carbocycles. The van der Waals surface area contributed by atoms with Gasteiger partial charge < -0.3 is 10.6 Å². The summed E-state index contributed by atoms with van der Waals surface area (Å²) >= 11 is 5.90. The van der Waals surface area contributed by atoms with E-state index in [2.05, 4.69) is 20.6 Å². The number of nitrogens with zero attached hydrogens (tertiary/aromatic N) is 4. The Morgan fingerprint density at radius 2 is 1.82 bits per heavy atom. The molecule has 1 amide bonds. The number of carbonyl (C=O) groups is 1. The van der Waals surface area contributed by atoms with Crippen molar-refractivity contribution >= 4 is 34.4 Å². The monoisotopic (exact) mass is 554 g/mol. The highest BCUT2D eigenvalue weighted by Gasteiger charge is 2.27. The minimum Gasteiger partial charge on any atom is -0.373 e. The summed E-state index contributed by atoms with van der Waals surface area (Å²) in [7, 11) is 1.81. The first kappa shape index (κ1) is 26.8. The first-order valence-electron chi connectivity index (χ1n) is 12.9. The summed E-state index contributed by atoms with van der Waals surface area (Å²) in [5.74, 6) is 0.388. The van der Waals surface area contributed by atoms with E-state index in [1.165, 1.54) is 6.07 Å². The molecule has 1 fully saturated rings. The zero-order valence-corrected chi connectivity index (χ0v) is 22.4. The Morgan fingerprint density at radius 1 is 1.10 bits per heavy atom. The Morgan fingerprint density at radius 3 is 2.49 bits per heavy atom. The fourth-order valence-electron chi connectivity index (χ4n) is 5.39. The van der Waals surface area contributed by atoms with Crippen LogP contribution in [0, 0.1) is 12.8 Å². The molecule has 3 heterocycles. The molecule has 0 bridgehead atoms. The molecule has 0 aliphatic heterocycles. The third-order valence-corrected chi connectivity index (χ3v) is 7.56. The molecule has 0 radical (unpaired) electrons. The molecule has 5 rings (SSSR count). The van der Waals surface area contributed by atoms with Gasteiger partial charge in [0.05, 0.1) is 33.5 Å². The number of amides is 1. The van der Waals surface area contributed by atoms with Crippen LogP contribution in [0.25, 0.3) is 16.7 Å². The van der Waals surface area contributed by atoms with Gasteiger partial charge in [-0.3, -0.25) is 18.9 Å². The zero-order chi connectivity index (χ0) is 27.7. The molecule has 2 N–H and O–H groups in total. The van der Waals surface area contributed by atoms with Crippen LogP contribution in [0.2, 0.25) is 5.02 Å². The van der Waals surface area contributed by atoms with E-state index in [0.29, 0.717) is 25.1 Å². The van der Waals surface area contributed by atoms with E-state index in [4.69, 9.17) is 11.6 Å². The molecule has 0 saturated heterocycles. The molecule has 1 saturated carbocycles. The quantitative estimate of drug-likeness (QED) is 0.314. The molecular formula is C28H29ClF2N6O2. The summed E-state index contributed by atoms with van der Waals surface area (Å²) < 4.78 is 30.2. The van der Waals surface area contributed by atoms with Gasteiger partial charge in [0.15, 0.2) is 0 Å². The third kappa shape index (κ3) is 5.38. The van der Waals surface area contributed by atoms with Crippen LogP contribution in [0.5, 0.6) is 0 Å². The maximum absolute atomic E-state index is 13.7. The molecule has 204 valence electrons. The van der Waals surface area contributed by atoms with Gasteiger partial charge >= 0.3 is 5.69 Å². The lowest BCUT2D eigenvalue weighted by atomic mass is 9.85. The van der Waals surface area contributed by atoms with Crippen molar-refractivity contribution in [3.63, 3.8) is 0 Å². The topological polar surface area (TPSA) is 93.8 Å². The fraction of sp³-hybridized carbons (Fsp3) is 0.357. The summed E-state index contributed by atoms with van der Waals surface area (Å²) in [6.07, 6.45) is 2.85. The number of aryl methyl sites for hydroxylation is 1. The second kappa shape index (κ2) is 11.1. The van der Waals surface area contributed by atoms with Crippen LogP contribution < -0.4 is 16.3 Å². The van der Waals surface area contributed by atoms with Crippen LogP contribution >= 0.6 is 11.6 Å². The molecule has 3 aromatic heterocycles. The number of pyridine rings is 2. The highest BCUT2D eigenvalue weighted by molar-refractivity contribution is 6.30. The summed E-state index contributed by atoms with van der Waals surface area (Å²) in [5, 5.41) is 6.04. The molecule has 11 heteroatoms. The van der Waals surface area contributed by atoms with Crippen molar-refractivity contribution in [3.05, 3.63) is 81.1 Å². The van der Waals surface area contributed by atoms with E-state index in [0.717, 1.165) is 41.5 Å². The van der Waals surface area contributed by atoms with E-state index in [1.807, 2.05) is 48.9 Å². The van der Waals surface area contributed by atoms with Gasteiger partial charge in [0.2, 0.25) is 0 Å². The smallest absolute Gasteiger partial charge is 0.333 e. The van der Waals surface area contributed by atoms with Gasteiger partial charge in [0, 0.05) is 25.8 Å². The average Bonchev–Trinajstić information content (AvgIpc) is 3.20. The zero-order valence-electron chi connectivity index (χ0n) is 21.6. The predicted molar refractivity (Wildman–Crippen MR) is 147 cm³/mol. The molecule has 0 unspecified atom stereocenters. The van der Waals surface area contributed by atoms with Crippen molar-refractivity contribution < 1.29 is 13.6 Å². The molecule has 4 aromatic rings. The Kier molecular flexibility index (Phi) is 7.65. The molecule has 39 heavy (non-hydrogen) atoms. The number of carbonyl (C=O) groups excluding carboxylic acids is 1. The van der Waals surface area contributed by atoms with Gasteiger partial charge in [-0.15, -0.1) is 0 Å². The SMILES string of the molecule is CNc1ncc(-n2c(=O)n(C[C@H]3CC[C@H](NC(=O)c4cc(Cl)cnc4C(F)F)CC3)c3ccccc32)cc1C. The highest BCUT2D eigenvalue weighted by atomic mass is 35.5. The molecule has 1 aliphatic carbocycles. The first-order valence-corrected chi connectivity index (χ1v) is 13.2. The number of hydrogen-bond donors (Lipinski definition) is 2. The second-order valence-corrected chi connectivity index (χ2v) is 10.3. The number of aromatic nitrogens is 4. The van der Waals surface area contributed by atoms with Crippen LogP contribution in [-0.2, 0) is 6.54 Å². The number of benzene rings is 1. The van der Waals surface area contributed by atoms with Crippen molar-refractivity contribution in [1.29, 1.82) is 0 Å². The largest absolute Gasteiger partial charge is 0.373 e. The third-order valence-electron chi connectivity index (χ3n) is 7.35. The maximum atomic E-state index is 13.7. The van der Waals surface area contributed by atoms with Crippen LogP contribution in [0.1, 0.15) is 53.7 Å². The van der Waals surface area contributed by atoms with Gasteiger partial charge in [-0.25, -0.2) is 18.6 Å². The number of imidazole rings is 1. The number of rotatable bonds is 7. The van der Waals surface area contributed by atoms with E-state index in [-0.39, 0.29) is 28.2 Å². The minimum atomic E-state index is -2.87. The molecule has 8 nitrogen and oxygen atoms in total. The fourth-order valence-corrected chi connectivity index (χ4v) is 5.55. The van der Waals surface area contributed by atoms with Crippen molar-refractivity contribution in [2.75, 3.05) is 12.4 Å². The van der Waals surface area contributed by atoms with E-state index >= 15 is 0 Å². The lowest BCUT2D eigenvalue weighted by Crippen LogP contribution is -2.39. The van der Waals surface area contributed by atoms with Crippen molar-refractivity contribution in [1.82, 2.24) is 24.4 Å². The van der Waals surface area contributed by atoms with Crippen molar-refractivity contribution in [3.8, 4) is 5.69 Å². The van der Waals surface area contributed by atoms with Gasteiger partial charge in [-0.2, -0.15) is 0 Å². The average molecular weight is 555 g/mol. The number of fused-ring (bicyclic) bond motifs is 1. The minimum absolute atomic E-state index is 0.127. The maximum Gasteiger partial charge on any atom is 0.333 e. The number of hydrogen-bond acceptors (Lipinski definition) is 5. The van der Waals surface area contributed by atoms with Crippen LogP contribution in [0.15, 0.2) is 53.6 Å². The summed E-state index contributed by atoms with van der Waals surface area (Å²) in [6, 6.07) is 10.7. The predicted octanol–water partition coefficient (Wildman–Crippen LogP) is 5.51. The number of nitrogens with one attached hydrogen (secondary N) is 2.